The Morgan fingerprint density at radius 3 is 2.35 bits per heavy atom. The number of halogens is 3. The van der Waals surface area contributed by atoms with Gasteiger partial charge in [0.15, 0.2) is 0 Å². The van der Waals surface area contributed by atoms with Crippen molar-refractivity contribution in [2.24, 2.45) is 0 Å². The van der Waals surface area contributed by atoms with Crippen LogP contribution in [0.1, 0.15) is 17.4 Å². The minimum atomic E-state index is -2.81. The summed E-state index contributed by atoms with van der Waals surface area (Å²) in [4.78, 5) is 2.32. The number of hydrogen-bond acceptors (Lipinski definition) is 4. The van der Waals surface area contributed by atoms with Gasteiger partial charge in [-0.2, -0.15) is 8.78 Å². The van der Waals surface area contributed by atoms with Gasteiger partial charge in [-0.3, -0.25) is 4.90 Å². The van der Waals surface area contributed by atoms with E-state index in [-0.39, 0.29) is 24.2 Å². The number of piperazine rings is 1. The molecule has 1 saturated heterocycles. The summed E-state index contributed by atoms with van der Waals surface area (Å²) in [5.41, 5.74) is 0.999. The zero-order valence-electron chi connectivity index (χ0n) is 12.5. The molecule has 4 nitrogen and oxygen atoms in total. The molecule has 1 fully saturated rings. The highest BCUT2D eigenvalue weighted by molar-refractivity contribution is 5.85. The molecule has 126 valence electrons. The van der Waals surface area contributed by atoms with Gasteiger partial charge in [0, 0.05) is 26.2 Å². The summed E-state index contributed by atoms with van der Waals surface area (Å²) in [6.07, 6.45) is 1.65. The molecule has 2 aromatic rings. The first kappa shape index (κ1) is 17.7. The Morgan fingerprint density at radius 1 is 1.09 bits per heavy atom. The zero-order valence-corrected chi connectivity index (χ0v) is 13.3. The standard InChI is InChI=1S/C16H18F2N2O2.ClH/c17-16(18)22-13-5-3-12(4-6-13)15(14-2-1-11-21-14)20-9-7-19-8-10-20;/h1-6,11,15-16,19H,7-10H2;1H/t15-;/m0./s1. The van der Waals surface area contributed by atoms with Gasteiger partial charge < -0.3 is 14.5 Å². The summed E-state index contributed by atoms with van der Waals surface area (Å²) >= 11 is 0. The van der Waals surface area contributed by atoms with Crippen LogP contribution in [0.3, 0.4) is 0 Å². The molecule has 0 aliphatic carbocycles. The van der Waals surface area contributed by atoms with Crippen LogP contribution in [-0.4, -0.2) is 37.7 Å². The van der Waals surface area contributed by atoms with Gasteiger partial charge in [-0.1, -0.05) is 12.1 Å². The molecule has 2 heterocycles. The first-order valence-electron chi connectivity index (χ1n) is 7.27. The van der Waals surface area contributed by atoms with Crippen molar-refractivity contribution in [2.45, 2.75) is 12.7 Å². The summed E-state index contributed by atoms with van der Waals surface area (Å²) in [6, 6.07) is 10.5. The third-order valence-electron chi connectivity index (χ3n) is 3.75. The Hall–Kier alpha value is -1.63. The van der Waals surface area contributed by atoms with Crippen LogP contribution in [-0.2, 0) is 0 Å². The fourth-order valence-corrected chi connectivity index (χ4v) is 2.77. The highest BCUT2D eigenvalue weighted by Gasteiger charge is 2.26. The van der Waals surface area contributed by atoms with Crippen LogP contribution in [0, 0.1) is 0 Å². The maximum atomic E-state index is 12.2. The average molecular weight is 345 g/mol. The lowest BCUT2D eigenvalue weighted by Gasteiger charge is -2.34. The third-order valence-corrected chi connectivity index (χ3v) is 3.75. The summed E-state index contributed by atoms with van der Waals surface area (Å²) in [6.45, 7) is 0.842. The van der Waals surface area contributed by atoms with Crippen molar-refractivity contribution >= 4 is 12.4 Å². The van der Waals surface area contributed by atoms with Crippen molar-refractivity contribution in [1.29, 1.82) is 0 Å². The number of ether oxygens (including phenoxy) is 1. The quantitative estimate of drug-likeness (QED) is 0.903. The number of nitrogens with zero attached hydrogens (tertiary/aromatic N) is 1. The van der Waals surface area contributed by atoms with Crippen molar-refractivity contribution in [2.75, 3.05) is 26.2 Å². The highest BCUT2D eigenvalue weighted by Crippen LogP contribution is 2.30. The molecule has 23 heavy (non-hydrogen) atoms. The average Bonchev–Trinajstić information content (AvgIpc) is 3.04. The predicted octanol–water partition coefficient (Wildman–Crippen LogP) is 3.30. The second-order valence-corrected chi connectivity index (χ2v) is 5.15. The molecule has 0 radical (unpaired) electrons. The Kier molecular flexibility index (Phi) is 6.38. The fourth-order valence-electron chi connectivity index (χ4n) is 2.77. The van der Waals surface area contributed by atoms with E-state index >= 15 is 0 Å². The predicted molar refractivity (Wildman–Crippen MR) is 85.3 cm³/mol. The van der Waals surface area contributed by atoms with E-state index in [2.05, 4.69) is 15.0 Å². The van der Waals surface area contributed by atoms with E-state index in [1.807, 2.05) is 24.3 Å². The summed E-state index contributed by atoms with van der Waals surface area (Å²) < 4.78 is 34.5. The molecule has 1 aliphatic rings. The molecule has 3 rings (SSSR count). The topological polar surface area (TPSA) is 37.6 Å². The van der Waals surface area contributed by atoms with Crippen LogP contribution in [0.5, 0.6) is 5.75 Å². The molecule has 1 N–H and O–H groups in total. The minimum absolute atomic E-state index is 0. The number of hydrogen-bond donors (Lipinski definition) is 1. The summed E-state index contributed by atoms with van der Waals surface area (Å²) in [7, 11) is 0. The van der Waals surface area contributed by atoms with E-state index in [9.17, 15) is 8.78 Å². The van der Waals surface area contributed by atoms with E-state index in [0.29, 0.717) is 0 Å². The minimum Gasteiger partial charge on any atom is -0.467 e. The molecule has 7 heteroatoms. The van der Waals surface area contributed by atoms with Gasteiger partial charge in [0.25, 0.3) is 0 Å². The SMILES string of the molecule is Cl.FC(F)Oc1ccc([C@@H](c2ccco2)N2CCNCC2)cc1. The molecule has 1 aromatic heterocycles. The largest absolute Gasteiger partial charge is 0.467 e. The number of rotatable bonds is 5. The molecular weight excluding hydrogens is 326 g/mol. The van der Waals surface area contributed by atoms with E-state index in [0.717, 1.165) is 37.5 Å². The fraction of sp³-hybridized carbons (Fsp3) is 0.375. The van der Waals surface area contributed by atoms with Gasteiger partial charge in [0.05, 0.1) is 12.3 Å². The smallest absolute Gasteiger partial charge is 0.387 e. The van der Waals surface area contributed by atoms with Gasteiger partial charge in [-0.25, -0.2) is 0 Å². The Balaban J connectivity index is 0.00000192. The van der Waals surface area contributed by atoms with Crippen LogP contribution < -0.4 is 10.1 Å². The zero-order chi connectivity index (χ0) is 15.4. The van der Waals surface area contributed by atoms with Crippen LogP contribution >= 0.6 is 12.4 Å². The van der Waals surface area contributed by atoms with Gasteiger partial charge in [-0.15, -0.1) is 12.4 Å². The lowest BCUT2D eigenvalue weighted by molar-refractivity contribution is -0.0498. The summed E-state index contributed by atoms with van der Waals surface area (Å²) in [5, 5.41) is 3.32. The normalized spacial score (nSPS) is 16.8. The Bertz CT molecular complexity index is 572. The van der Waals surface area contributed by atoms with Gasteiger partial charge in [0.1, 0.15) is 11.5 Å². The van der Waals surface area contributed by atoms with E-state index < -0.39 is 6.61 Å². The maximum absolute atomic E-state index is 12.2. The van der Waals surface area contributed by atoms with Gasteiger partial charge in [-0.05, 0) is 29.8 Å². The second-order valence-electron chi connectivity index (χ2n) is 5.15. The van der Waals surface area contributed by atoms with Crippen LogP contribution in [0.25, 0.3) is 0 Å². The lowest BCUT2D eigenvalue weighted by atomic mass is 10.0. The van der Waals surface area contributed by atoms with E-state index in [4.69, 9.17) is 4.42 Å². The Morgan fingerprint density at radius 2 is 1.78 bits per heavy atom. The van der Waals surface area contributed by atoms with Gasteiger partial charge >= 0.3 is 6.61 Å². The van der Waals surface area contributed by atoms with Crippen molar-refractivity contribution in [3.8, 4) is 5.75 Å². The number of alkyl halides is 2. The molecule has 1 aliphatic heterocycles. The number of furan rings is 1. The van der Waals surface area contributed by atoms with Crippen molar-refractivity contribution in [3.63, 3.8) is 0 Å². The highest BCUT2D eigenvalue weighted by atomic mass is 35.5. The molecule has 1 aromatic carbocycles. The lowest BCUT2D eigenvalue weighted by Crippen LogP contribution is -2.45. The van der Waals surface area contributed by atoms with Crippen molar-refractivity contribution in [3.05, 3.63) is 54.0 Å². The number of nitrogens with one attached hydrogen (secondary N) is 1. The molecule has 0 unspecified atom stereocenters. The molecule has 0 spiro atoms. The van der Waals surface area contributed by atoms with Crippen molar-refractivity contribution < 1.29 is 17.9 Å². The third kappa shape index (κ3) is 4.43. The molecule has 1 atom stereocenters. The second kappa shape index (κ2) is 8.29. The van der Waals surface area contributed by atoms with Gasteiger partial charge in [0.2, 0.25) is 0 Å². The van der Waals surface area contributed by atoms with Crippen LogP contribution in [0.15, 0.2) is 47.1 Å². The maximum Gasteiger partial charge on any atom is 0.387 e. The van der Waals surface area contributed by atoms with Crippen LogP contribution in [0.4, 0.5) is 8.78 Å². The first-order valence-corrected chi connectivity index (χ1v) is 7.27. The molecule has 0 saturated carbocycles. The first-order chi connectivity index (χ1) is 10.7. The Labute approximate surface area is 139 Å². The monoisotopic (exact) mass is 344 g/mol. The van der Waals surface area contributed by atoms with Crippen molar-refractivity contribution in [1.82, 2.24) is 10.2 Å². The van der Waals surface area contributed by atoms with E-state index in [1.54, 1.807) is 18.4 Å². The summed E-state index contributed by atoms with van der Waals surface area (Å²) in [5.74, 6) is 1.02. The molecular formula is C16H19ClF2N2O2. The van der Waals surface area contributed by atoms with E-state index in [1.165, 1.54) is 0 Å². The molecule has 0 amide bonds. The molecule has 0 bridgehead atoms. The number of benzene rings is 1. The van der Waals surface area contributed by atoms with Crippen LogP contribution in [0.2, 0.25) is 0 Å².